The molecule has 10 heavy (non-hydrogen) atoms. The normalized spacial score (nSPS) is 26.7. The number of halogens is 1. The molecule has 1 fully saturated rings. The van der Waals surface area contributed by atoms with Gasteiger partial charge in [0.15, 0.2) is 0 Å². The zero-order valence-corrected chi connectivity index (χ0v) is 7.07. The van der Waals surface area contributed by atoms with E-state index in [1.807, 2.05) is 0 Å². The van der Waals surface area contributed by atoms with Crippen LogP contribution in [0.1, 0.15) is 25.7 Å². The van der Waals surface area contributed by atoms with E-state index >= 15 is 0 Å². The fraction of sp³-hybridized carbons (Fsp3) is 1.00. The van der Waals surface area contributed by atoms with Gasteiger partial charge in [0.25, 0.3) is 0 Å². The predicted molar refractivity (Wildman–Crippen MR) is 43.5 cm³/mol. The lowest BCUT2D eigenvalue weighted by atomic mass is 9.97. The van der Waals surface area contributed by atoms with Crippen molar-refractivity contribution in [3.8, 4) is 0 Å². The Labute approximate surface area is 67.7 Å². The molecule has 0 aromatic carbocycles. The Morgan fingerprint density at radius 2 is 2.40 bits per heavy atom. The van der Waals surface area contributed by atoms with Gasteiger partial charge in [0.2, 0.25) is 0 Å². The van der Waals surface area contributed by atoms with Crippen molar-refractivity contribution in [3.05, 3.63) is 0 Å². The van der Waals surface area contributed by atoms with Gasteiger partial charge in [0.05, 0.1) is 0 Å². The van der Waals surface area contributed by atoms with Crippen LogP contribution in [0.25, 0.3) is 0 Å². The number of alkyl halides is 1. The van der Waals surface area contributed by atoms with E-state index in [-0.39, 0.29) is 0 Å². The SMILES string of the molecule is ClCCCC1CCCOC1. The van der Waals surface area contributed by atoms with Gasteiger partial charge in [-0.05, 0) is 31.6 Å². The zero-order valence-electron chi connectivity index (χ0n) is 6.31. The van der Waals surface area contributed by atoms with E-state index in [9.17, 15) is 0 Å². The van der Waals surface area contributed by atoms with Gasteiger partial charge in [-0.2, -0.15) is 0 Å². The summed E-state index contributed by atoms with van der Waals surface area (Å²) < 4.78 is 5.34. The van der Waals surface area contributed by atoms with Crippen molar-refractivity contribution in [2.24, 2.45) is 5.92 Å². The maximum Gasteiger partial charge on any atom is 0.0494 e. The molecule has 0 aliphatic carbocycles. The fourth-order valence-corrected chi connectivity index (χ4v) is 1.56. The topological polar surface area (TPSA) is 9.23 Å². The first-order valence-corrected chi connectivity index (χ1v) is 4.60. The Kier molecular flexibility index (Phi) is 4.15. The molecule has 1 saturated heterocycles. The summed E-state index contributed by atoms with van der Waals surface area (Å²) >= 11 is 5.58. The van der Waals surface area contributed by atoms with Gasteiger partial charge in [-0.1, -0.05) is 0 Å². The first kappa shape index (κ1) is 8.35. The summed E-state index contributed by atoms with van der Waals surface area (Å²) in [6.07, 6.45) is 4.99. The Morgan fingerprint density at radius 3 is 3.00 bits per heavy atom. The monoisotopic (exact) mass is 162 g/mol. The third-order valence-corrected chi connectivity index (χ3v) is 2.27. The molecule has 0 spiro atoms. The van der Waals surface area contributed by atoms with Crippen LogP contribution in [0.3, 0.4) is 0 Å². The van der Waals surface area contributed by atoms with E-state index in [1.54, 1.807) is 0 Å². The van der Waals surface area contributed by atoms with Crippen LogP contribution in [0.15, 0.2) is 0 Å². The molecular weight excluding hydrogens is 148 g/mol. The Morgan fingerprint density at radius 1 is 1.50 bits per heavy atom. The molecule has 0 radical (unpaired) electrons. The van der Waals surface area contributed by atoms with Crippen molar-refractivity contribution in [2.75, 3.05) is 19.1 Å². The van der Waals surface area contributed by atoms with Gasteiger partial charge in [0, 0.05) is 19.1 Å². The summed E-state index contributed by atoms with van der Waals surface area (Å²) in [6.45, 7) is 1.94. The van der Waals surface area contributed by atoms with E-state index in [2.05, 4.69) is 0 Å². The van der Waals surface area contributed by atoms with Crippen molar-refractivity contribution >= 4 is 11.6 Å². The minimum Gasteiger partial charge on any atom is -0.381 e. The Balaban J connectivity index is 2.02. The van der Waals surface area contributed by atoms with E-state index in [0.29, 0.717) is 0 Å². The lowest BCUT2D eigenvalue weighted by Gasteiger charge is -2.21. The molecule has 1 unspecified atom stereocenters. The molecule has 0 amide bonds. The van der Waals surface area contributed by atoms with Gasteiger partial charge in [0.1, 0.15) is 0 Å². The lowest BCUT2D eigenvalue weighted by molar-refractivity contribution is 0.0515. The van der Waals surface area contributed by atoms with Gasteiger partial charge in [-0.25, -0.2) is 0 Å². The molecule has 0 aromatic heterocycles. The quantitative estimate of drug-likeness (QED) is 0.580. The largest absolute Gasteiger partial charge is 0.381 e. The molecular formula is C8H15ClO. The first-order valence-electron chi connectivity index (χ1n) is 4.07. The van der Waals surface area contributed by atoms with E-state index in [0.717, 1.165) is 31.4 Å². The summed E-state index contributed by atoms with van der Waals surface area (Å²) in [7, 11) is 0. The van der Waals surface area contributed by atoms with Crippen LogP contribution >= 0.6 is 11.6 Å². The van der Waals surface area contributed by atoms with E-state index in [1.165, 1.54) is 19.3 Å². The van der Waals surface area contributed by atoms with Crippen LogP contribution in [0, 0.1) is 5.92 Å². The molecule has 0 N–H and O–H groups in total. The minimum atomic E-state index is 0.799. The van der Waals surface area contributed by atoms with Gasteiger partial charge >= 0.3 is 0 Å². The highest BCUT2D eigenvalue weighted by molar-refractivity contribution is 6.17. The minimum absolute atomic E-state index is 0.799. The summed E-state index contributed by atoms with van der Waals surface area (Å²) in [5, 5.41) is 0. The molecule has 0 aromatic rings. The predicted octanol–water partition coefficient (Wildman–Crippen LogP) is 2.43. The van der Waals surface area contributed by atoms with Crippen molar-refractivity contribution in [2.45, 2.75) is 25.7 Å². The van der Waals surface area contributed by atoms with Crippen molar-refractivity contribution in [1.82, 2.24) is 0 Å². The first-order chi connectivity index (χ1) is 4.93. The zero-order chi connectivity index (χ0) is 7.23. The summed E-state index contributed by atoms with van der Waals surface area (Å²) in [5.41, 5.74) is 0. The summed E-state index contributed by atoms with van der Waals surface area (Å²) in [4.78, 5) is 0. The van der Waals surface area contributed by atoms with Crippen LogP contribution in [0.4, 0.5) is 0 Å². The van der Waals surface area contributed by atoms with Gasteiger partial charge < -0.3 is 4.74 Å². The summed E-state index contributed by atoms with van der Waals surface area (Å²) in [6, 6.07) is 0. The molecule has 60 valence electrons. The van der Waals surface area contributed by atoms with Gasteiger partial charge in [-0.15, -0.1) is 11.6 Å². The van der Waals surface area contributed by atoms with Gasteiger partial charge in [-0.3, -0.25) is 0 Å². The number of hydrogen-bond donors (Lipinski definition) is 0. The second-order valence-electron chi connectivity index (χ2n) is 2.91. The van der Waals surface area contributed by atoms with Crippen LogP contribution in [0.5, 0.6) is 0 Å². The van der Waals surface area contributed by atoms with Crippen molar-refractivity contribution in [3.63, 3.8) is 0 Å². The number of rotatable bonds is 3. The molecule has 1 aliphatic rings. The highest BCUT2D eigenvalue weighted by Crippen LogP contribution is 2.18. The Bertz CT molecular complexity index is 79.3. The molecule has 1 atom stereocenters. The smallest absolute Gasteiger partial charge is 0.0494 e. The standard InChI is InChI=1S/C8H15ClO/c9-5-1-3-8-4-2-6-10-7-8/h8H,1-7H2. The fourth-order valence-electron chi connectivity index (χ4n) is 1.40. The maximum atomic E-state index is 5.58. The molecule has 1 nitrogen and oxygen atoms in total. The average molecular weight is 163 g/mol. The van der Waals surface area contributed by atoms with Crippen LogP contribution in [0.2, 0.25) is 0 Å². The Hall–Kier alpha value is 0.250. The highest BCUT2D eigenvalue weighted by atomic mass is 35.5. The molecule has 1 aliphatic heterocycles. The van der Waals surface area contributed by atoms with Crippen LogP contribution in [-0.2, 0) is 4.74 Å². The highest BCUT2D eigenvalue weighted by Gasteiger charge is 2.12. The molecule has 1 heterocycles. The van der Waals surface area contributed by atoms with E-state index in [4.69, 9.17) is 16.3 Å². The third-order valence-electron chi connectivity index (χ3n) is 2.00. The van der Waals surface area contributed by atoms with E-state index < -0.39 is 0 Å². The second kappa shape index (κ2) is 4.97. The maximum absolute atomic E-state index is 5.58. The van der Waals surface area contributed by atoms with Crippen molar-refractivity contribution in [1.29, 1.82) is 0 Å². The number of ether oxygens (including phenoxy) is 1. The number of hydrogen-bond acceptors (Lipinski definition) is 1. The van der Waals surface area contributed by atoms with Crippen LogP contribution in [-0.4, -0.2) is 19.1 Å². The third kappa shape index (κ3) is 2.89. The molecule has 0 saturated carbocycles. The summed E-state index contributed by atoms with van der Waals surface area (Å²) in [5.74, 6) is 1.60. The lowest BCUT2D eigenvalue weighted by Crippen LogP contribution is -2.17. The average Bonchev–Trinajstić information content (AvgIpc) is 2.03. The van der Waals surface area contributed by atoms with Crippen LogP contribution < -0.4 is 0 Å². The molecule has 1 rings (SSSR count). The van der Waals surface area contributed by atoms with Crippen molar-refractivity contribution < 1.29 is 4.74 Å². The second-order valence-corrected chi connectivity index (χ2v) is 3.29. The molecule has 0 bridgehead atoms. The molecule has 2 heteroatoms.